The zero-order valence-electron chi connectivity index (χ0n) is 16.2. The maximum Gasteiger partial charge on any atom is 0.240 e. The van der Waals surface area contributed by atoms with Crippen LogP contribution in [-0.4, -0.2) is 76.5 Å². The molecule has 1 aromatic rings. The predicted molar refractivity (Wildman–Crippen MR) is 99.1 cm³/mol. The molecule has 2 saturated heterocycles. The van der Waals surface area contributed by atoms with Crippen molar-refractivity contribution >= 4 is 5.91 Å². The molecule has 0 aromatic carbocycles. The van der Waals surface area contributed by atoms with Crippen molar-refractivity contribution in [1.29, 1.82) is 0 Å². The van der Waals surface area contributed by atoms with E-state index in [9.17, 15) is 4.79 Å². The van der Waals surface area contributed by atoms with E-state index in [2.05, 4.69) is 28.8 Å². The molecule has 2 fully saturated rings. The van der Waals surface area contributed by atoms with E-state index >= 15 is 0 Å². The van der Waals surface area contributed by atoms with Crippen LogP contribution in [0.3, 0.4) is 0 Å². The summed E-state index contributed by atoms with van der Waals surface area (Å²) >= 11 is 0. The van der Waals surface area contributed by atoms with E-state index in [0.29, 0.717) is 12.0 Å². The largest absolute Gasteiger partial charge is 0.337 e. The highest BCUT2D eigenvalue weighted by molar-refractivity contribution is 5.82. The Morgan fingerprint density at radius 1 is 1.36 bits per heavy atom. The van der Waals surface area contributed by atoms with Gasteiger partial charge in [0, 0.05) is 33.0 Å². The first-order chi connectivity index (χ1) is 11.9. The summed E-state index contributed by atoms with van der Waals surface area (Å²) in [6.07, 6.45) is 8.28. The topological polar surface area (TPSA) is 44.6 Å². The molecule has 0 saturated carbocycles. The van der Waals surface area contributed by atoms with E-state index in [1.165, 1.54) is 12.8 Å². The average Bonchev–Trinajstić information content (AvgIpc) is 3.15. The number of carbonyl (C=O) groups is 1. The Hall–Kier alpha value is -1.40. The lowest BCUT2D eigenvalue weighted by atomic mass is 9.76. The number of hydrogen-bond acceptors (Lipinski definition) is 4. The van der Waals surface area contributed by atoms with E-state index < -0.39 is 0 Å². The van der Waals surface area contributed by atoms with Gasteiger partial charge in [0.2, 0.25) is 5.91 Å². The molecular weight excluding hydrogens is 314 g/mol. The molecule has 1 amide bonds. The van der Waals surface area contributed by atoms with Gasteiger partial charge in [-0.1, -0.05) is 6.92 Å². The number of likely N-dealkylation sites (tertiary alicyclic amines) is 2. The van der Waals surface area contributed by atoms with Crippen molar-refractivity contribution in [3.05, 3.63) is 18.2 Å². The minimum atomic E-state index is 0.0358. The number of piperidine rings is 1. The monoisotopic (exact) mass is 347 g/mol. The minimum absolute atomic E-state index is 0.0358. The van der Waals surface area contributed by atoms with Crippen LogP contribution in [0.4, 0.5) is 0 Å². The van der Waals surface area contributed by atoms with E-state index in [1.807, 2.05) is 29.8 Å². The Morgan fingerprint density at radius 3 is 2.68 bits per heavy atom. The second-order valence-corrected chi connectivity index (χ2v) is 8.14. The molecule has 0 N–H and O–H groups in total. The normalized spacial score (nSPS) is 24.1. The molecule has 3 rings (SSSR count). The van der Waals surface area contributed by atoms with Crippen molar-refractivity contribution in [2.24, 2.45) is 12.5 Å². The van der Waals surface area contributed by atoms with Crippen LogP contribution in [0, 0.1) is 5.41 Å². The summed E-state index contributed by atoms with van der Waals surface area (Å²) in [6.45, 7) is 7.20. The quantitative estimate of drug-likeness (QED) is 0.811. The first-order valence-corrected chi connectivity index (χ1v) is 9.58. The highest BCUT2D eigenvalue weighted by Gasteiger charge is 2.47. The number of aromatic nitrogens is 2. The molecule has 0 radical (unpaired) electrons. The lowest BCUT2D eigenvalue weighted by Gasteiger charge is -2.37. The molecule has 3 heterocycles. The molecule has 1 atom stereocenters. The van der Waals surface area contributed by atoms with Gasteiger partial charge >= 0.3 is 0 Å². The fourth-order valence-electron chi connectivity index (χ4n) is 4.46. The number of aryl methyl sites for hydroxylation is 1. The van der Waals surface area contributed by atoms with Gasteiger partial charge in [0.25, 0.3) is 0 Å². The Balaban J connectivity index is 1.69. The number of imidazole rings is 1. The number of nitrogens with zero attached hydrogens (tertiary/aromatic N) is 5. The van der Waals surface area contributed by atoms with Gasteiger partial charge < -0.3 is 14.4 Å². The smallest absolute Gasteiger partial charge is 0.240 e. The highest BCUT2D eigenvalue weighted by atomic mass is 16.2. The molecule has 25 heavy (non-hydrogen) atoms. The van der Waals surface area contributed by atoms with Crippen LogP contribution in [0.25, 0.3) is 0 Å². The summed E-state index contributed by atoms with van der Waals surface area (Å²) in [5.74, 6) is 1.19. The fourth-order valence-corrected chi connectivity index (χ4v) is 4.46. The summed E-state index contributed by atoms with van der Waals surface area (Å²) in [5.41, 5.74) is 0.339. The number of likely N-dealkylation sites (N-methyl/N-ethyl adjacent to an activating group) is 1. The molecule has 0 aliphatic carbocycles. The van der Waals surface area contributed by atoms with Crippen LogP contribution in [0.2, 0.25) is 0 Å². The molecule has 1 unspecified atom stereocenters. The van der Waals surface area contributed by atoms with E-state index in [4.69, 9.17) is 0 Å². The standard InChI is InChI=1S/C19H33N5O/c1-5-9-24-15-19(6-10-21(2)11-7-19)13-16(24)18(25)23(4)14-17-20-8-12-22(17)3/h8,12,16H,5-7,9-11,13-15H2,1-4H3. The molecular formula is C19H33N5O. The van der Waals surface area contributed by atoms with Gasteiger partial charge in [0.15, 0.2) is 0 Å². The molecule has 6 nitrogen and oxygen atoms in total. The zero-order valence-corrected chi connectivity index (χ0v) is 16.2. The van der Waals surface area contributed by atoms with Crippen LogP contribution < -0.4 is 0 Å². The number of hydrogen-bond donors (Lipinski definition) is 0. The molecule has 2 aliphatic heterocycles. The second kappa shape index (κ2) is 7.46. The third-order valence-electron chi connectivity index (χ3n) is 6.13. The lowest BCUT2D eigenvalue weighted by Crippen LogP contribution is -2.44. The van der Waals surface area contributed by atoms with Crippen molar-refractivity contribution in [1.82, 2.24) is 24.3 Å². The van der Waals surface area contributed by atoms with Crippen LogP contribution >= 0.6 is 0 Å². The van der Waals surface area contributed by atoms with E-state index in [0.717, 1.165) is 44.8 Å². The van der Waals surface area contributed by atoms with Gasteiger partial charge in [-0.2, -0.15) is 0 Å². The van der Waals surface area contributed by atoms with Gasteiger partial charge in [0.05, 0.1) is 12.6 Å². The number of carbonyl (C=O) groups excluding carboxylic acids is 1. The number of amides is 1. The Kier molecular flexibility index (Phi) is 5.49. The third-order valence-corrected chi connectivity index (χ3v) is 6.13. The van der Waals surface area contributed by atoms with Gasteiger partial charge in [-0.25, -0.2) is 4.98 Å². The van der Waals surface area contributed by atoms with Crippen molar-refractivity contribution in [3.63, 3.8) is 0 Å². The van der Waals surface area contributed by atoms with Crippen molar-refractivity contribution < 1.29 is 4.79 Å². The van der Waals surface area contributed by atoms with E-state index in [-0.39, 0.29) is 11.9 Å². The van der Waals surface area contributed by atoms with Crippen LogP contribution in [0.15, 0.2) is 12.4 Å². The lowest BCUT2D eigenvalue weighted by molar-refractivity contribution is -0.135. The Labute approximate surface area is 151 Å². The van der Waals surface area contributed by atoms with Crippen molar-refractivity contribution in [3.8, 4) is 0 Å². The van der Waals surface area contributed by atoms with Crippen molar-refractivity contribution in [2.45, 2.75) is 45.2 Å². The number of rotatable bonds is 5. The van der Waals surface area contributed by atoms with Crippen LogP contribution in [0.5, 0.6) is 0 Å². The molecule has 1 aromatic heterocycles. The summed E-state index contributed by atoms with van der Waals surface area (Å²) in [7, 11) is 6.10. The summed E-state index contributed by atoms with van der Waals surface area (Å²) in [5, 5.41) is 0. The second-order valence-electron chi connectivity index (χ2n) is 8.14. The maximum atomic E-state index is 13.2. The summed E-state index contributed by atoms with van der Waals surface area (Å²) in [4.78, 5) is 24.3. The fraction of sp³-hybridized carbons (Fsp3) is 0.789. The first-order valence-electron chi connectivity index (χ1n) is 9.58. The summed E-state index contributed by atoms with van der Waals surface area (Å²) in [6, 6.07) is 0.0358. The average molecular weight is 348 g/mol. The molecule has 140 valence electrons. The molecule has 1 spiro atoms. The highest BCUT2D eigenvalue weighted by Crippen LogP contribution is 2.43. The molecule has 2 aliphatic rings. The predicted octanol–water partition coefficient (Wildman–Crippen LogP) is 1.57. The van der Waals surface area contributed by atoms with Gasteiger partial charge in [-0.3, -0.25) is 9.69 Å². The van der Waals surface area contributed by atoms with E-state index in [1.54, 1.807) is 6.20 Å². The van der Waals surface area contributed by atoms with Gasteiger partial charge in [0.1, 0.15) is 5.82 Å². The Bertz CT molecular complexity index is 590. The molecule has 0 bridgehead atoms. The van der Waals surface area contributed by atoms with Crippen molar-refractivity contribution in [2.75, 3.05) is 40.3 Å². The Morgan fingerprint density at radius 2 is 2.08 bits per heavy atom. The summed E-state index contributed by atoms with van der Waals surface area (Å²) < 4.78 is 1.99. The maximum absolute atomic E-state index is 13.2. The first kappa shape index (κ1) is 18.4. The zero-order chi connectivity index (χ0) is 18.0. The van der Waals surface area contributed by atoms with Crippen LogP contribution in [0.1, 0.15) is 38.4 Å². The minimum Gasteiger partial charge on any atom is -0.337 e. The van der Waals surface area contributed by atoms with Gasteiger partial charge in [-0.05, 0) is 57.8 Å². The van der Waals surface area contributed by atoms with Gasteiger partial charge in [-0.15, -0.1) is 0 Å². The third kappa shape index (κ3) is 3.90. The van der Waals surface area contributed by atoms with Crippen LogP contribution in [-0.2, 0) is 18.4 Å². The SMILES string of the molecule is CCCN1CC2(CCN(C)CC2)CC1C(=O)N(C)Cc1nccn1C. The molecule has 6 heteroatoms.